The molecule has 1 N–H and O–H groups in total. The summed E-state index contributed by atoms with van der Waals surface area (Å²) < 4.78 is 19.9. The van der Waals surface area contributed by atoms with Gasteiger partial charge < -0.3 is 4.74 Å². The van der Waals surface area contributed by atoms with Crippen LogP contribution in [0, 0.1) is 5.82 Å². The van der Waals surface area contributed by atoms with Gasteiger partial charge in [-0.25, -0.2) is 9.40 Å². The maximum atomic E-state index is 14.5. The van der Waals surface area contributed by atoms with E-state index in [4.69, 9.17) is 4.74 Å². The van der Waals surface area contributed by atoms with Crippen molar-refractivity contribution in [3.8, 4) is 5.75 Å². The average molecular weight is 352 g/mol. The van der Waals surface area contributed by atoms with Gasteiger partial charge in [-0.15, -0.1) is 0 Å². The normalized spacial score (nSPS) is 18.3. The fourth-order valence-corrected chi connectivity index (χ4v) is 3.85. The summed E-state index contributed by atoms with van der Waals surface area (Å²) in [5.74, 6) is 0.414. The van der Waals surface area contributed by atoms with Gasteiger partial charge >= 0.3 is 0 Å². The molecule has 1 atom stereocenters. The fourth-order valence-electron chi connectivity index (χ4n) is 3.85. The third kappa shape index (κ3) is 2.55. The van der Waals surface area contributed by atoms with Gasteiger partial charge in [0.15, 0.2) is 0 Å². The van der Waals surface area contributed by atoms with Crippen molar-refractivity contribution in [3.05, 3.63) is 70.5 Å². The summed E-state index contributed by atoms with van der Waals surface area (Å²) in [4.78, 5) is 12.6. The maximum Gasteiger partial charge on any atom is 0.241 e. The van der Waals surface area contributed by atoms with Crippen LogP contribution in [0.4, 0.5) is 4.39 Å². The molecule has 134 valence electrons. The van der Waals surface area contributed by atoms with Crippen LogP contribution in [0.25, 0.3) is 5.70 Å². The highest BCUT2D eigenvalue weighted by molar-refractivity contribution is 5.84. The summed E-state index contributed by atoms with van der Waals surface area (Å²) in [5.41, 5.74) is 7.98. The zero-order chi connectivity index (χ0) is 18.3. The molecule has 4 nitrogen and oxygen atoms in total. The van der Waals surface area contributed by atoms with Crippen molar-refractivity contribution in [2.24, 2.45) is 0 Å². The number of nitrogens with one attached hydrogen (secondary N) is 1. The molecule has 2 aliphatic rings. The second kappa shape index (κ2) is 6.48. The van der Waals surface area contributed by atoms with Crippen molar-refractivity contribution in [1.82, 2.24) is 10.4 Å². The lowest BCUT2D eigenvalue weighted by Crippen LogP contribution is -2.39. The van der Waals surface area contributed by atoms with E-state index in [2.05, 4.69) is 11.5 Å². The van der Waals surface area contributed by atoms with Crippen LogP contribution in [0.3, 0.4) is 0 Å². The molecule has 0 saturated heterocycles. The number of carbonyl (C=O) groups is 1. The lowest BCUT2D eigenvalue weighted by atomic mass is 9.85. The molecule has 1 amide bonds. The van der Waals surface area contributed by atoms with Gasteiger partial charge in [0.05, 0.1) is 12.8 Å². The number of benzene rings is 2. The van der Waals surface area contributed by atoms with Gasteiger partial charge in [-0.1, -0.05) is 31.2 Å². The van der Waals surface area contributed by atoms with Gasteiger partial charge in [-0.3, -0.25) is 10.2 Å². The van der Waals surface area contributed by atoms with Gasteiger partial charge in [0, 0.05) is 17.5 Å². The number of rotatable bonds is 3. The molecule has 5 heteroatoms. The summed E-state index contributed by atoms with van der Waals surface area (Å²) in [7, 11) is 1.64. The molecule has 1 aliphatic carbocycles. The van der Waals surface area contributed by atoms with E-state index in [-0.39, 0.29) is 11.7 Å². The van der Waals surface area contributed by atoms with Gasteiger partial charge in [0.1, 0.15) is 17.6 Å². The van der Waals surface area contributed by atoms with Crippen LogP contribution in [0.15, 0.2) is 48.0 Å². The van der Waals surface area contributed by atoms with Crippen LogP contribution in [0.2, 0.25) is 0 Å². The second-order valence-electron chi connectivity index (χ2n) is 6.58. The third-order valence-electron chi connectivity index (χ3n) is 5.16. The largest absolute Gasteiger partial charge is 0.497 e. The Kier molecular flexibility index (Phi) is 4.15. The number of methoxy groups -OCH3 is 1. The average Bonchev–Trinajstić information content (AvgIpc) is 3.07. The predicted octanol–water partition coefficient (Wildman–Crippen LogP) is 3.99. The number of ether oxygens (including phenoxy) is 1. The number of fused-ring (bicyclic) bond motifs is 2. The molecule has 2 aromatic carbocycles. The molecule has 0 spiro atoms. The Bertz CT molecular complexity index is 907. The zero-order valence-electron chi connectivity index (χ0n) is 14.9. The molecule has 26 heavy (non-hydrogen) atoms. The number of nitrogens with zero attached hydrogens (tertiary/aromatic N) is 1. The topological polar surface area (TPSA) is 41.6 Å². The minimum absolute atomic E-state index is 0.0582. The monoisotopic (exact) mass is 352 g/mol. The second-order valence-corrected chi connectivity index (χ2v) is 6.58. The van der Waals surface area contributed by atoms with E-state index in [0.29, 0.717) is 12.0 Å². The molecule has 2 aromatic rings. The summed E-state index contributed by atoms with van der Waals surface area (Å²) in [6.07, 6.45) is 2.00. The lowest BCUT2D eigenvalue weighted by Gasteiger charge is -2.27. The van der Waals surface area contributed by atoms with E-state index in [0.717, 1.165) is 35.4 Å². The Morgan fingerprint density at radius 2 is 2.08 bits per heavy atom. The molecule has 1 heterocycles. The number of hydrazine groups is 1. The number of hydrogen-bond donors (Lipinski definition) is 1. The zero-order valence-corrected chi connectivity index (χ0v) is 14.9. The standard InChI is InChI=1S/C21H21FN2O2/c1-3-19(25)24-21(15-6-4-5-7-18(15)22)16-11-9-13-8-10-14(26-2)12-17(13)20(16)23-24/h4-8,10,12,21,23H,3,9,11H2,1-2H3/t21-/m0/s1. The van der Waals surface area contributed by atoms with E-state index >= 15 is 0 Å². The van der Waals surface area contributed by atoms with Crippen molar-refractivity contribution < 1.29 is 13.9 Å². The highest BCUT2D eigenvalue weighted by atomic mass is 19.1. The first-order chi connectivity index (χ1) is 12.6. The number of carbonyl (C=O) groups excluding carboxylic acids is 1. The summed E-state index contributed by atoms with van der Waals surface area (Å²) in [5, 5.41) is 1.58. The van der Waals surface area contributed by atoms with Crippen LogP contribution < -0.4 is 10.2 Å². The molecule has 0 unspecified atom stereocenters. The Morgan fingerprint density at radius 1 is 1.27 bits per heavy atom. The smallest absolute Gasteiger partial charge is 0.241 e. The first-order valence-electron chi connectivity index (χ1n) is 8.87. The maximum absolute atomic E-state index is 14.5. The highest BCUT2D eigenvalue weighted by Crippen LogP contribution is 2.45. The summed E-state index contributed by atoms with van der Waals surface area (Å²) in [6, 6.07) is 12.3. The third-order valence-corrected chi connectivity index (χ3v) is 5.16. The van der Waals surface area contributed by atoms with Gasteiger partial charge in [0.25, 0.3) is 0 Å². The molecule has 1 aliphatic heterocycles. The Morgan fingerprint density at radius 3 is 2.81 bits per heavy atom. The van der Waals surface area contributed by atoms with E-state index in [1.165, 1.54) is 11.6 Å². The van der Waals surface area contributed by atoms with Crippen molar-refractivity contribution >= 4 is 11.6 Å². The van der Waals surface area contributed by atoms with Crippen LogP contribution in [-0.4, -0.2) is 18.0 Å². The quantitative estimate of drug-likeness (QED) is 0.908. The Labute approximate surface area is 152 Å². The van der Waals surface area contributed by atoms with Gasteiger partial charge in [0.2, 0.25) is 5.91 Å². The fraction of sp³-hybridized carbons (Fsp3) is 0.286. The molecule has 0 aromatic heterocycles. The molecule has 0 radical (unpaired) electrons. The SMILES string of the molecule is CCC(=O)N1NC2=C(CCc3ccc(OC)cc32)[C@@H]1c1ccccc1F. The molecular weight excluding hydrogens is 331 g/mol. The van der Waals surface area contributed by atoms with Crippen LogP contribution in [0.1, 0.15) is 42.5 Å². The van der Waals surface area contributed by atoms with Crippen molar-refractivity contribution in [3.63, 3.8) is 0 Å². The van der Waals surface area contributed by atoms with Crippen molar-refractivity contribution in [2.45, 2.75) is 32.2 Å². The minimum Gasteiger partial charge on any atom is -0.497 e. The van der Waals surface area contributed by atoms with Crippen LogP contribution >= 0.6 is 0 Å². The number of hydrogen-bond acceptors (Lipinski definition) is 3. The van der Waals surface area contributed by atoms with E-state index in [1.54, 1.807) is 24.3 Å². The van der Waals surface area contributed by atoms with Crippen molar-refractivity contribution in [2.75, 3.05) is 7.11 Å². The Hall–Kier alpha value is -2.82. The summed E-state index contributed by atoms with van der Waals surface area (Å²) >= 11 is 0. The number of halogens is 1. The number of amides is 1. The minimum atomic E-state index is -0.419. The van der Waals surface area contributed by atoms with E-state index in [9.17, 15) is 9.18 Å². The Balaban J connectivity index is 1.86. The van der Waals surface area contributed by atoms with Crippen molar-refractivity contribution in [1.29, 1.82) is 0 Å². The van der Waals surface area contributed by atoms with Gasteiger partial charge in [-0.2, -0.15) is 0 Å². The number of aryl methyl sites for hydroxylation is 1. The molecule has 4 rings (SSSR count). The highest BCUT2D eigenvalue weighted by Gasteiger charge is 2.40. The molecular formula is C21H21FN2O2. The van der Waals surface area contributed by atoms with E-state index < -0.39 is 6.04 Å². The summed E-state index contributed by atoms with van der Waals surface area (Å²) in [6.45, 7) is 1.82. The molecule has 0 saturated carbocycles. The predicted molar refractivity (Wildman–Crippen MR) is 97.6 cm³/mol. The van der Waals surface area contributed by atoms with Crippen LogP contribution in [0.5, 0.6) is 5.75 Å². The first kappa shape index (κ1) is 16.6. The first-order valence-corrected chi connectivity index (χ1v) is 8.87. The van der Waals surface area contributed by atoms with Gasteiger partial charge in [-0.05, 0) is 42.2 Å². The van der Waals surface area contributed by atoms with E-state index in [1.807, 2.05) is 25.1 Å². The molecule has 0 bridgehead atoms. The molecule has 0 fully saturated rings. The lowest BCUT2D eigenvalue weighted by molar-refractivity contribution is -0.134. The van der Waals surface area contributed by atoms with Crippen LogP contribution in [-0.2, 0) is 11.2 Å².